The number of nitrogens with zero attached hydrogens (tertiary/aromatic N) is 2. The van der Waals surface area contributed by atoms with Crippen LogP contribution in [0, 0.1) is 0 Å². The van der Waals surface area contributed by atoms with Gasteiger partial charge in [0.25, 0.3) is 5.91 Å². The molecule has 2 bridgehead atoms. The summed E-state index contributed by atoms with van der Waals surface area (Å²) in [5.41, 5.74) is 4.44. The number of hydrogen-bond donors (Lipinski definition) is 2. The van der Waals surface area contributed by atoms with Crippen LogP contribution >= 0.6 is 0 Å². The minimum atomic E-state index is -0.487. The molecule has 2 heterocycles. The Morgan fingerprint density at radius 1 is 1.08 bits per heavy atom. The summed E-state index contributed by atoms with van der Waals surface area (Å²) in [5, 5.41) is 8.71. The quantitative estimate of drug-likeness (QED) is 0.661. The standard InChI is InChI=1S/C19H21N3O3/c1-25-18-4-2-3-15(10-18)22-12-16-9-17(22)11-21(16)14-7-5-13(6-8-14)19(23)20-24/h2-8,10,16-17,24H,9,11-12H2,1H3,(H,20,23). The highest BCUT2D eigenvalue weighted by atomic mass is 16.5. The van der Waals surface area contributed by atoms with Crippen molar-refractivity contribution in [2.24, 2.45) is 0 Å². The van der Waals surface area contributed by atoms with E-state index in [1.54, 1.807) is 24.7 Å². The lowest BCUT2D eigenvalue weighted by Crippen LogP contribution is -2.46. The predicted octanol–water partition coefficient (Wildman–Crippen LogP) is 2.28. The SMILES string of the molecule is COc1cccc(N2CC3CC2CN3c2ccc(C(=O)NO)cc2)c1. The zero-order valence-corrected chi connectivity index (χ0v) is 14.1. The van der Waals surface area contributed by atoms with Gasteiger partial charge in [-0.05, 0) is 42.8 Å². The van der Waals surface area contributed by atoms with Crippen molar-refractivity contribution in [1.82, 2.24) is 5.48 Å². The van der Waals surface area contributed by atoms with Gasteiger partial charge in [0.15, 0.2) is 0 Å². The molecule has 0 aliphatic carbocycles. The van der Waals surface area contributed by atoms with Crippen LogP contribution in [0.4, 0.5) is 11.4 Å². The van der Waals surface area contributed by atoms with Crippen molar-refractivity contribution in [2.45, 2.75) is 18.5 Å². The largest absolute Gasteiger partial charge is 0.497 e. The fraction of sp³-hybridized carbons (Fsp3) is 0.316. The summed E-state index contributed by atoms with van der Waals surface area (Å²) >= 11 is 0. The average molecular weight is 339 g/mol. The second-order valence-electron chi connectivity index (χ2n) is 6.54. The van der Waals surface area contributed by atoms with Crippen LogP contribution in [-0.4, -0.2) is 43.4 Å². The first-order valence-corrected chi connectivity index (χ1v) is 8.41. The fourth-order valence-corrected chi connectivity index (χ4v) is 3.96. The van der Waals surface area contributed by atoms with Crippen LogP contribution in [0.2, 0.25) is 0 Å². The maximum atomic E-state index is 11.4. The molecule has 6 heteroatoms. The molecule has 2 aliphatic rings. The molecule has 2 aromatic carbocycles. The maximum Gasteiger partial charge on any atom is 0.274 e. The van der Waals surface area contributed by atoms with Gasteiger partial charge in [0, 0.05) is 48.2 Å². The molecule has 2 aliphatic heterocycles. The highest BCUT2D eigenvalue weighted by Gasteiger charge is 2.43. The number of fused-ring (bicyclic) bond motifs is 2. The number of hydrogen-bond acceptors (Lipinski definition) is 5. The van der Waals surface area contributed by atoms with Gasteiger partial charge in [0.05, 0.1) is 7.11 Å². The van der Waals surface area contributed by atoms with Gasteiger partial charge in [-0.15, -0.1) is 0 Å². The first kappa shape index (κ1) is 15.8. The van der Waals surface area contributed by atoms with Crippen molar-refractivity contribution >= 4 is 17.3 Å². The molecule has 0 radical (unpaired) electrons. The lowest BCUT2D eigenvalue weighted by Gasteiger charge is -2.37. The first-order valence-electron chi connectivity index (χ1n) is 8.41. The number of piperazine rings is 1. The zero-order valence-electron chi connectivity index (χ0n) is 14.1. The van der Waals surface area contributed by atoms with E-state index in [-0.39, 0.29) is 0 Å². The van der Waals surface area contributed by atoms with Gasteiger partial charge in [-0.2, -0.15) is 0 Å². The van der Waals surface area contributed by atoms with Crippen molar-refractivity contribution in [1.29, 1.82) is 0 Å². The normalized spacial score (nSPS) is 21.5. The Kier molecular flexibility index (Phi) is 3.97. The summed E-state index contributed by atoms with van der Waals surface area (Å²) in [6.07, 6.45) is 1.14. The van der Waals surface area contributed by atoms with E-state index in [0.717, 1.165) is 30.9 Å². The highest BCUT2D eigenvalue weighted by Crippen LogP contribution is 2.38. The third-order valence-corrected chi connectivity index (χ3v) is 5.19. The van der Waals surface area contributed by atoms with Gasteiger partial charge in [-0.3, -0.25) is 10.0 Å². The number of methoxy groups -OCH3 is 1. The maximum absolute atomic E-state index is 11.4. The zero-order chi connectivity index (χ0) is 17.4. The van der Waals surface area contributed by atoms with Gasteiger partial charge in [0.1, 0.15) is 5.75 Å². The van der Waals surface area contributed by atoms with Crippen LogP contribution in [0.25, 0.3) is 0 Å². The molecule has 2 fully saturated rings. The number of ether oxygens (including phenoxy) is 1. The summed E-state index contributed by atoms with van der Waals surface area (Å²) in [7, 11) is 1.69. The van der Waals surface area contributed by atoms with Crippen LogP contribution in [0.5, 0.6) is 5.75 Å². The molecule has 0 saturated carbocycles. The van der Waals surface area contributed by atoms with Crippen molar-refractivity contribution in [3.8, 4) is 5.75 Å². The Hall–Kier alpha value is -2.73. The van der Waals surface area contributed by atoms with E-state index in [9.17, 15) is 4.79 Å². The molecule has 0 spiro atoms. The smallest absolute Gasteiger partial charge is 0.274 e. The fourth-order valence-electron chi connectivity index (χ4n) is 3.96. The minimum Gasteiger partial charge on any atom is -0.497 e. The van der Waals surface area contributed by atoms with Crippen LogP contribution in [0.3, 0.4) is 0 Å². The molecule has 1 amide bonds. The van der Waals surface area contributed by atoms with E-state index in [1.807, 2.05) is 24.3 Å². The molecule has 2 unspecified atom stereocenters. The van der Waals surface area contributed by atoms with E-state index in [1.165, 1.54) is 5.69 Å². The van der Waals surface area contributed by atoms with E-state index in [4.69, 9.17) is 9.94 Å². The van der Waals surface area contributed by atoms with Crippen LogP contribution in [0.15, 0.2) is 48.5 Å². The van der Waals surface area contributed by atoms with Gasteiger partial charge in [0.2, 0.25) is 0 Å². The van der Waals surface area contributed by atoms with Crippen molar-refractivity contribution in [3.63, 3.8) is 0 Å². The number of carbonyl (C=O) groups excluding carboxylic acids is 1. The van der Waals surface area contributed by atoms with E-state index in [0.29, 0.717) is 17.6 Å². The molecule has 4 rings (SSSR count). The first-order chi connectivity index (χ1) is 12.2. The molecule has 6 nitrogen and oxygen atoms in total. The van der Waals surface area contributed by atoms with Gasteiger partial charge in [-0.25, -0.2) is 5.48 Å². The van der Waals surface area contributed by atoms with Crippen molar-refractivity contribution < 1.29 is 14.7 Å². The number of anilines is 2. The Bertz CT molecular complexity index is 778. The Labute approximate surface area is 146 Å². The molecular formula is C19H21N3O3. The van der Waals surface area contributed by atoms with Gasteiger partial charge >= 0.3 is 0 Å². The molecular weight excluding hydrogens is 318 g/mol. The number of amides is 1. The second kappa shape index (κ2) is 6.29. The summed E-state index contributed by atoms with van der Waals surface area (Å²) in [6, 6.07) is 16.5. The van der Waals surface area contributed by atoms with E-state index in [2.05, 4.69) is 21.9 Å². The molecule has 25 heavy (non-hydrogen) atoms. The summed E-state index contributed by atoms with van der Waals surface area (Å²) in [5.74, 6) is 0.397. The number of rotatable bonds is 4. The van der Waals surface area contributed by atoms with Gasteiger partial charge < -0.3 is 14.5 Å². The molecule has 2 saturated heterocycles. The lowest BCUT2D eigenvalue weighted by atomic mass is 10.1. The molecule has 2 aromatic rings. The molecule has 130 valence electrons. The Balaban J connectivity index is 1.48. The Morgan fingerprint density at radius 2 is 1.76 bits per heavy atom. The van der Waals surface area contributed by atoms with Crippen LogP contribution in [0.1, 0.15) is 16.8 Å². The molecule has 2 atom stereocenters. The summed E-state index contributed by atoms with van der Waals surface area (Å²) in [6.45, 7) is 1.95. The van der Waals surface area contributed by atoms with E-state index < -0.39 is 5.91 Å². The third-order valence-electron chi connectivity index (χ3n) is 5.19. The van der Waals surface area contributed by atoms with Crippen LogP contribution < -0.4 is 20.0 Å². The molecule has 2 N–H and O–H groups in total. The topological polar surface area (TPSA) is 65.0 Å². The minimum absolute atomic E-state index is 0.452. The summed E-state index contributed by atoms with van der Waals surface area (Å²) < 4.78 is 5.34. The average Bonchev–Trinajstić information content (AvgIpc) is 3.28. The van der Waals surface area contributed by atoms with Crippen molar-refractivity contribution in [3.05, 3.63) is 54.1 Å². The summed E-state index contributed by atoms with van der Waals surface area (Å²) in [4.78, 5) is 16.3. The predicted molar refractivity (Wildman–Crippen MR) is 95.6 cm³/mol. The van der Waals surface area contributed by atoms with E-state index >= 15 is 0 Å². The Morgan fingerprint density at radius 3 is 2.36 bits per heavy atom. The second-order valence-corrected chi connectivity index (χ2v) is 6.54. The number of benzene rings is 2. The van der Waals surface area contributed by atoms with Gasteiger partial charge in [-0.1, -0.05) is 6.07 Å². The molecule has 0 aromatic heterocycles. The third kappa shape index (κ3) is 2.78. The highest BCUT2D eigenvalue weighted by molar-refractivity contribution is 5.93. The number of carbonyl (C=O) groups is 1. The number of hydroxylamine groups is 1. The monoisotopic (exact) mass is 339 g/mol. The number of nitrogens with one attached hydrogen (secondary N) is 1. The van der Waals surface area contributed by atoms with Crippen LogP contribution in [-0.2, 0) is 0 Å². The van der Waals surface area contributed by atoms with Crippen molar-refractivity contribution in [2.75, 3.05) is 30.0 Å². The lowest BCUT2D eigenvalue weighted by molar-refractivity contribution is 0.0706.